The van der Waals surface area contributed by atoms with Gasteiger partial charge in [-0.2, -0.15) is 0 Å². The number of hydrogen-bond donors (Lipinski definition) is 0. The van der Waals surface area contributed by atoms with Crippen molar-refractivity contribution in [2.45, 2.75) is 43.4 Å². The zero-order valence-corrected chi connectivity index (χ0v) is 18.5. The number of ketones is 1. The van der Waals surface area contributed by atoms with Crippen molar-refractivity contribution in [3.8, 4) is 0 Å². The van der Waals surface area contributed by atoms with Gasteiger partial charge in [0.05, 0.1) is 15.4 Å². The number of carbonyl (C=O) groups excluding carboxylic acids is 1. The molecule has 0 aliphatic rings. The monoisotopic (exact) mass is 433 g/mol. The Bertz CT molecular complexity index is 1390. The van der Waals surface area contributed by atoms with Gasteiger partial charge in [0.1, 0.15) is 0 Å². The minimum atomic E-state index is -3.60. The zero-order valence-electron chi connectivity index (χ0n) is 17.7. The van der Waals surface area contributed by atoms with Gasteiger partial charge in [0.25, 0.3) is 0 Å². The van der Waals surface area contributed by atoms with Crippen molar-refractivity contribution in [1.29, 1.82) is 0 Å². The largest absolute Gasteiger partial charge is 0.294 e. The maximum Gasteiger partial charge on any atom is 0.233 e. The van der Waals surface area contributed by atoms with Crippen LogP contribution in [0.5, 0.6) is 0 Å². The maximum absolute atomic E-state index is 13.1. The topological polar surface area (TPSA) is 81.4 Å². The summed E-state index contributed by atoms with van der Waals surface area (Å²) in [7, 11) is -3.60. The average Bonchev–Trinajstić information content (AvgIpc) is 3.22. The van der Waals surface area contributed by atoms with Gasteiger partial charge in [0.2, 0.25) is 15.6 Å². The van der Waals surface area contributed by atoms with Crippen LogP contribution in [0.15, 0.2) is 71.0 Å². The fourth-order valence-corrected chi connectivity index (χ4v) is 5.11. The Morgan fingerprint density at radius 1 is 0.968 bits per heavy atom. The van der Waals surface area contributed by atoms with Gasteiger partial charge in [0, 0.05) is 31.2 Å². The summed E-state index contributed by atoms with van der Waals surface area (Å²) in [6.45, 7) is 5.70. The van der Waals surface area contributed by atoms with E-state index in [2.05, 4.69) is 9.97 Å². The molecule has 0 spiro atoms. The lowest BCUT2D eigenvalue weighted by Gasteiger charge is -2.11. The van der Waals surface area contributed by atoms with E-state index < -0.39 is 9.84 Å². The normalized spacial score (nSPS) is 11.7. The summed E-state index contributed by atoms with van der Waals surface area (Å²) in [5, 5.41) is 0. The Morgan fingerprint density at radius 2 is 1.68 bits per heavy atom. The van der Waals surface area contributed by atoms with E-state index in [0.29, 0.717) is 29.1 Å². The Kier molecular flexibility index (Phi) is 5.45. The van der Waals surface area contributed by atoms with Crippen LogP contribution in [0.25, 0.3) is 5.78 Å². The predicted octanol–water partition coefficient (Wildman–Crippen LogP) is 4.30. The molecular formula is C24H23N3O3S. The highest BCUT2D eigenvalue weighted by atomic mass is 32.2. The quantitative estimate of drug-likeness (QED) is 0.424. The van der Waals surface area contributed by atoms with E-state index in [-0.39, 0.29) is 10.7 Å². The number of carbonyl (C=O) groups is 1. The highest BCUT2D eigenvalue weighted by molar-refractivity contribution is 7.91. The van der Waals surface area contributed by atoms with Crippen LogP contribution in [0.3, 0.4) is 0 Å². The SMILES string of the molecule is Cc1cc(C)c(S(=O)(=O)c2ccc(CCC(=O)c3cnc4nccn4c3)cc2)cc1C. The molecule has 2 aromatic heterocycles. The molecule has 0 fully saturated rings. The van der Waals surface area contributed by atoms with Crippen LogP contribution < -0.4 is 0 Å². The Balaban J connectivity index is 1.49. The summed E-state index contributed by atoms with van der Waals surface area (Å²) >= 11 is 0. The van der Waals surface area contributed by atoms with E-state index in [4.69, 9.17) is 0 Å². The van der Waals surface area contributed by atoms with E-state index in [1.54, 1.807) is 53.3 Å². The van der Waals surface area contributed by atoms with Crippen LogP contribution in [-0.4, -0.2) is 28.6 Å². The Morgan fingerprint density at radius 3 is 2.42 bits per heavy atom. The summed E-state index contributed by atoms with van der Waals surface area (Å²) in [5.41, 5.74) is 4.18. The number of fused-ring (bicyclic) bond motifs is 1. The molecule has 158 valence electrons. The standard InChI is InChI=1S/C24H23N3O3S/c1-16-12-18(3)23(13-17(16)2)31(29,30)21-7-4-19(5-8-21)6-9-22(28)20-14-26-24-25-10-11-27(24)15-20/h4-5,7-8,10-15H,6,9H2,1-3H3. The molecule has 0 bridgehead atoms. The second kappa shape index (κ2) is 8.07. The molecule has 0 aliphatic heterocycles. The summed E-state index contributed by atoms with van der Waals surface area (Å²) in [4.78, 5) is 21.3. The van der Waals surface area contributed by atoms with E-state index >= 15 is 0 Å². The van der Waals surface area contributed by atoms with Crippen LogP contribution in [-0.2, 0) is 16.3 Å². The molecular weight excluding hydrogens is 410 g/mol. The first-order valence-corrected chi connectivity index (χ1v) is 11.5. The van der Waals surface area contributed by atoms with E-state index in [0.717, 1.165) is 22.3 Å². The summed E-state index contributed by atoms with van der Waals surface area (Å²) in [6.07, 6.45) is 7.46. The number of aryl methyl sites for hydroxylation is 4. The molecule has 0 saturated carbocycles. The molecule has 0 saturated heterocycles. The first-order valence-electron chi connectivity index (χ1n) is 9.99. The van der Waals surface area contributed by atoms with Gasteiger partial charge in [-0.15, -0.1) is 0 Å². The number of hydrogen-bond acceptors (Lipinski definition) is 5. The lowest BCUT2D eigenvalue weighted by molar-refractivity contribution is 0.0982. The fraction of sp³-hybridized carbons (Fsp3) is 0.208. The number of rotatable bonds is 6. The van der Waals surface area contributed by atoms with E-state index in [1.165, 1.54) is 6.20 Å². The molecule has 4 aromatic rings. The molecule has 0 amide bonds. The van der Waals surface area contributed by atoms with Crippen molar-refractivity contribution in [2.24, 2.45) is 0 Å². The van der Waals surface area contributed by atoms with Gasteiger partial charge < -0.3 is 0 Å². The second-order valence-electron chi connectivity index (χ2n) is 7.75. The third kappa shape index (κ3) is 4.14. The fourth-order valence-electron chi connectivity index (χ4n) is 3.55. The van der Waals surface area contributed by atoms with Crippen LogP contribution in [0.2, 0.25) is 0 Å². The van der Waals surface area contributed by atoms with Crippen molar-refractivity contribution >= 4 is 21.4 Å². The van der Waals surface area contributed by atoms with Crippen molar-refractivity contribution < 1.29 is 13.2 Å². The molecule has 6 nitrogen and oxygen atoms in total. The van der Waals surface area contributed by atoms with E-state index in [9.17, 15) is 13.2 Å². The summed E-state index contributed by atoms with van der Waals surface area (Å²) < 4.78 is 27.9. The number of aromatic nitrogens is 3. The molecule has 0 atom stereocenters. The first-order chi connectivity index (χ1) is 14.8. The minimum Gasteiger partial charge on any atom is -0.294 e. The summed E-state index contributed by atoms with van der Waals surface area (Å²) in [5.74, 6) is 0.526. The smallest absolute Gasteiger partial charge is 0.233 e. The number of Topliss-reactive ketones (excluding diaryl/α,β-unsaturated/α-hetero) is 1. The average molecular weight is 434 g/mol. The number of nitrogens with zero attached hydrogens (tertiary/aromatic N) is 3. The van der Waals surface area contributed by atoms with E-state index in [1.807, 2.05) is 26.8 Å². The lowest BCUT2D eigenvalue weighted by atomic mass is 10.0. The molecule has 0 unspecified atom stereocenters. The Hall–Kier alpha value is -3.32. The number of sulfone groups is 1. The second-order valence-corrected chi connectivity index (χ2v) is 9.67. The predicted molar refractivity (Wildman–Crippen MR) is 118 cm³/mol. The first kappa shape index (κ1) is 20.9. The number of benzene rings is 2. The molecule has 31 heavy (non-hydrogen) atoms. The summed E-state index contributed by atoms with van der Waals surface area (Å²) in [6, 6.07) is 10.4. The van der Waals surface area contributed by atoms with Crippen LogP contribution in [0, 0.1) is 20.8 Å². The van der Waals surface area contributed by atoms with Crippen molar-refractivity contribution in [3.05, 3.63) is 89.0 Å². The van der Waals surface area contributed by atoms with Gasteiger partial charge in [-0.25, -0.2) is 18.4 Å². The van der Waals surface area contributed by atoms with Gasteiger partial charge in [-0.05, 0) is 67.6 Å². The third-order valence-electron chi connectivity index (χ3n) is 5.52. The van der Waals surface area contributed by atoms with Crippen molar-refractivity contribution in [2.75, 3.05) is 0 Å². The Labute approximate surface area is 181 Å². The van der Waals surface area contributed by atoms with Crippen LogP contribution in [0.1, 0.15) is 39.0 Å². The molecule has 2 aromatic carbocycles. The molecule has 2 heterocycles. The van der Waals surface area contributed by atoms with Crippen LogP contribution in [0.4, 0.5) is 0 Å². The van der Waals surface area contributed by atoms with Crippen molar-refractivity contribution in [3.63, 3.8) is 0 Å². The minimum absolute atomic E-state index is 0.0226. The molecule has 7 heteroatoms. The maximum atomic E-state index is 13.1. The number of imidazole rings is 1. The lowest BCUT2D eigenvalue weighted by Crippen LogP contribution is -2.06. The molecule has 0 N–H and O–H groups in total. The van der Waals surface area contributed by atoms with Gasteiger partial charge in [0.15, 0.2) is 5.78 Å². The van der Waals surface area contributed by atoms with Gasteiger partial charge >= 0.3 is 0 Å². The van der Waals surface area contributed by atoms with Gasteiger partial charge in [-0.1, -0.05) is 18.2 Å². The highest BCUT2D eigenvalue weighted by Crippen LogP contribution is 2.27. The molecule has 0 aliphatic carbocycles. The van der Waals surface area contributed by atoms with Gasteiger partial charge in [-0.3, -0.25) is 9.20 Å². The molecule has 0 radical (unpaired) electrons. The zero-order chi connectivity index (χ0) is 22.2. The molecule has 4 rings (SSSR count). The third-order valence-corrected chi connectivity index (χ3v) is 7.43. The van der Waals surface area contributed by atoms with Crippen molar-refractivity contribution in [1.82, 2.24) is 14.4 Å². The highest BCUT2D eigenvalue weighted by Gasteiger charge is 2.20. The van der Waals surface area contributed by atoms with Crippen LogP contribution >= 0.6 is 0 Å².